The zero-order chi connectivity index (χ0) is 30.1. The molecule has 1 atom stereocenters. The maximum Gasteiger partial charge on any atom is 0.335 e. The number of rotatable bonds is 7. The second-order valence-electron chi connectivity index (χ2n) is 9.76. The number of carboxylic acids is 1. The highest BCUT2D eigenvalue weighted by molar-refractivity contribution is 7.07. The number of benzene rings is 3. The highest BCUT2D eigenvalue weighted by Gasteiger charge is 2.32. The summed E-state index contributed by atoms with van der Waals surface area (Å²) in [5.74, 6) is 0.137. The summed E-state index contributed by atoms with van der Waals surface area (Å²) in [6.07, 6.45) is 1.63. The molecule has 9 nitrogen and oxygen atoms in total. The summed E-state index contributed by atoms with van der Waals surface area (Å²) >= 11 is 1.20. The van der Waals surface area contributed by atoms with Crippen LogP contribution in [0.1, 0.15) is 34.6 Å². The van der Waals surface area contributed by atoms with Gasteiger partial charge in [0.15, 0.2) is 4.80 Å². The van der Waals surface area contributed by atoms with Crippen molar-refractivity contribution in [2.24, 2.45) is 4.99 Å². The SMILES string of the molecule is COc1ccc([C@H]2C(C(=O)Nc3ccccc3)=C(C)N=c3s/c(=C/c4ccc(-c5cccc(C(=O)O)c5)o4)c(=O)n32)cc1. The molecule has 0 saturated heterocycles. The third-order valence-electron chi connectivity index (χ3n) is 7.02. The zero-order valence-electron chi connectivity index (χ0n) is 23.1. The molecule has 0 fully saturated rings. The number of fused-ring (bicyclic) bond motifs is 1. The number of carboxylic acid groups (broad SMARTS) is 1. The molecular formula is C33H25N3O6S. The number of aromatic nitrogens is 1. The maximum absolute atomic E-state index is 14.0. The van der Waals surface area contributed by atoms with Crippen molar-refractivity contribution in [3.05, 3.63) is 139 Å². The molecule has 0 radical (unpaired) electrons. The van der Waals surface area contributed by atoms with Crippen molar-refractivity contribution in [3.8, 4) is 17.1 Å². The van der Waals surface area contributed by atoms with E-state index in [1.165, 1.54) is 28.0 Å². The van der Waals surface area contributed by atoms with E-state index in [2.05, 4.69) is 10.3 Å². The molecule has 1 aliphatic heterocycles. The van der Waals surface area contributed by atoms with Crippen LogP contribution < -0.4 is 24.9 Å². The monoisotopic (exact) mass is 591 g/mol. The number of nitrogens with zero attached hydrogens (tertiary/aromatic N) is 2. The number of hydrogen-bond acceptors (Lipinski definition) is 7. The number of carbonyl (C=O) groups excluding carboxylic acids is 1. The van der Waals surface area contributed by atoms with E-state index in [9.17, 15) is 19.5 Å². The Morgan fingerprint density at radius 1 is 1.02 bits per heavy atom. The smallest absolute Gasteiger partial charge is 0.335 e. The van der Waals surface area contributed by atoms with Gasteiger partial charge in [0.2, 0.25) is 0 Å². The highest BCUT2D eigenvalue weighted by Crippen LogP contribution is 2.32. The van der Waals surface area contributed by atoms with E-state index in [0.29, 0.717) is 49.1 Å². The molecular weight excluding hydrogens is 566 g/mol. The number of aromatic carboxylic acids is 1. The first-order valence-corrected chi connectivity index (χ1v) is 14.1. The lowest BCUT2D eigenvalue weighted by atomic mass is 9.95. The topological polar surface area (TPSA) is 123 Å². The maximum atomic E-state index is 14.0. The van der Waals surface area contributed by atoms with E-state index in [1.54, 1.807) is 68.6 Å². The Morgan fingerprint density at radius 2 is 1.79 bits per heavy atom. The van der Waals surface area contributed by atoms with E-state index in [0.717, 1.165) is 5.56 Å². The Morgan fingerprint density at radius 3 is 2.51 bits per heavy atom. The largest absolute Gasteiger partial charge is 0.497 e. The van der Waals surface area contributed by atoms with Gasteiger partial charge in [-0.25, -0.2) is 9.79 Å². The van der Waals surface area contributed by atoms with E-state index < -0.39 is 12.0 Å². The van der Waals surface area contributed by atoms with Gasteiger partial charge in [-0.1, -0.05) is 53.8 Å². The third kappa shape index (κ3) is 5.43. The van der Waals surface area contributed by atoms with Gasteiger partial charge in [-0.3, -0.25) is 14.2 Å². The first-order chi connectivity index (χ1) is 20.8. The Hall–Kier alpha value is -5.48. The number of ether oxygens (including phenoxy) is 1. The molecule has 2 N–H and O–H groups in total. The molecule has 214 valence electrons. The Kier molecular flexibility index (Phi) is 7.35. The second-order valence-corrected chi connectivity index (χ2v) is 10.8. The number of hydrogen-bond donors (Lipinski definition) is 2. The van der Waals surface area contributed by atoms with Gasteiger partial charge in [-0.2, -0.15) is 0 Å². The number of amides is 1. The van der Waals surface area contributed by atoms with Gasteiger partial charge in [0.25, 0.3) is 11.5 Å². The molecule has 43 heavy (non-hydrogen) atoms. The van der Waals surface area contributed by atoms with Crippen LogP contribution >= 0.6 is 11.3 Å². The van der Waals surface area contributed by atoms with Crippen molar-refractivity contribution in [3.63, 3.8) is 0 Å². The summed E-state index contributed by atoms with van der Waals surface area (Å²) in [4.78, 5) is 44.1. The molecule has 0 spiro atoms. The number of nitrogens with one attached hydrogen (secondary N) is 1. The first-order valence-electron chi connectivity index (χ1n) is 13.3. The summed E-state index contributed by atoms with van der Waals surface area (Å²) < 4.78 is 13.2. The molecule has 0 unspecified atom stereocenters. The summed E-state index contributed by atoms with van der Waals surface area (Å²) in [5, 5.41) is 12.3. The standard InChI is InChI=1S/C33H25N3O6S/c1-19-28(30(37)35-23-9-4-3-5-10-23)29(20-11-13-24(41-2)14-12-20)36-31(38)27(43-33(36)34-19)18-25-15-16-26(42-25)21-7-6-8-22(17-21)32(39)40/h3-18,29H,1-2H3,(H,35,37)(H,39,40)/b27-18+/t29-/m0/s1. The quantitative estimate of drug-likeness (QED) is 0.279. The number of carbonyl (C=O) groups is 2. The normalized spacial score (nSPS) is 14.7. The Balaban J connectivity index is 1.43. The number of para-hydroxylation sites is 1. The molecule has 1 amide bonds. The minimum atomic E-state index is -1.03. The molecule has 3 aromatic carbocycles. The van der Waals surface area contributed by atoms with Gasteiger partial charge in [-0.15, -0.1) is 0 Å². The first kappa shape index (κ1) is 27.7. The highest BCUT2D eigenvalue weighted by atomic mass is 32.1. The predicted octanol–water partition coefficient (Wildman–Crippen LogP) is 4.84. The van der Waals surface area contributed by atoms with Crippen LogP contribution in [0.5, 0.6) is 5.75 Å². The molecule has 10 heteroatoms. The molecule has 5 aromatic rings. The van der Waals surface area contributed by atoms with Crippen LogP contribution in [0.15, 0.2) is 116 Å². The fourth-order valence-corrected chi connectivity index (χ4v) is 5.98. The molecule has 0 aliphatic carbocycles. The second kappa shape index (κ2) is 11.4. The van der Waals surface area contributed by atoms with Crippen LogP contribution in [0.2, 0.25) is 0 Å². The van der Waals surface area contributed by atoms with E-state index in [-0.39, 0.29) is 17.0 Å². The van der Waals surface area contributed by atoms with Gasteiger partial charge in [-0.05, 0) is 61.0 Å². The zero-order valence-corrected chi connectivity index (χ0v) is 23.9. The summed E-state index contributed by atoms with van der Waals surface area (Å²) in [5.41, 5.74) is 2.62. The van der Waals surface area contributed by atoms with Crippen molar-refractivity contribution in [2.75, 3.05) is 12.4 Å². The van der Waals surface area contributed by atoms with Crippen molar-refractivity contribution in [1.82, 2.24) is 4.57 Å². The molecule has 0 saturated carbocycles. The average molecular weight is 592 g/mol. The molecule has 2 aromatic heterocycles. The molecule has 6 rings (SSSR count). The third-order valence-corrected chi connectivity index (χ3v) is 8.01. The van der Waals surface area contributed by atoms with Crippen molar-refractivity contribution < 1.29 is 23.8 Å². The van der Waals surface area contributed by atoms with E-state index >= 15 is 0 Å². The van der Waals surface area contributed by atoms with Crippen molar-refractivity contribution in [2.45, 2.75) is 13.0 Å². The minimum Gasteiger partial charge on any atom is -0.497 e. The summed E-state index contributed by atoms with van der Waals surface area (Å²) in [6.45, 7) is 1.76. The number of methoxy groups -OCH3 is 1. The fraction of sp³-hybridized carbons (Fsp3) is 0.0909. The summed E-state index contributed by atoms with van der Waals surface area (Å²) in [7, 11) is 1.57. The van der Waals surface area contributed by atoms with E-state index in [4.69, 9.17) is 9.15 Å². The Labute approximate surface area is 249 Å². The number of furan rings is 1. The average Bonchev–Trinajstić information content (AvgIpc) is 3.61. The van der Waals surface area contributed by atoms with Crippen LogP contribution in [0.4, 0.5) is 5.69 Å². The number of thiazole rings is 1. The summed E-state index contributed by atoms with van der Waals surface area (Å²) in [6, 6.07) is 25.5. The molecule has 0 bridgehead atoms. The lowest BCUT2D eigenvalue weighted by Crippen LogP contribution is -2.40. The van der Waals surface area contributed by atoms with Crippen LogP contribution in [-0.2, 0) is 4.79 Å². The number of anilines is 1. The van der Waals surface area contributed by atoms with Gasteiger partial charge in [0, 0.05) is 17.3 Å². The molecule has 1 aliphatic rings. The van der Waals surface area contributed by atoms with Crippen molar-refractivity contribution >= 4 is 35.0 Å². The lowest BCUT2D eigenvalue weighted by Gasteiger charge is -2.25. The van der Waals surface area contributed by atoms with Gasteiger partial charge in [0.05, 0.1) is 34.5 Å². The van der Waals surface area contributed by atoms with Crippen molar-refractivity contribution in [1.29, 1.82) is 0 Å². The van der Waals surface area contributed by atoms with E-state index in [1.807, 2.05) is 30.3 Å². The van der Waals surface area contributed by atoms with Crippen LogP contribution in [0, 0.1) is 0 Å². The van der Waals surface area contributed by atoms with Gasteiger partial charge >= 0.3 is 5.97 Å². The van der Waals surface area contributed by atoms with Crippen LogP contribution in [0.3, 0.4) is 0 Å². The van der Waals surface area contributed by atoms with Gasteiger partial charge in [0.1, 0.15) is 17.3 Å². The predicted molar refractivity (Wildman–Crippen MR) is 163 cm³/mol. The minimum absolute atomic E-state index is 0.143. The fourth-order valence-electron chi connectivity index (χ4n) is 4.95. The lowest BCUT2D eigenvalue weighted by molar-refractivity contribution is -0.113. The van der Waals surface area contributed by atoms with Crippen LogP contribution in [-0.4, -0.2) is 28.7 Å². The molecule has 3 heterocycles. The number of allylic oxidation sites excluding steroid dienone is 1. The van der Waals surface area contributed by atoms with Gasteiger partial charge < -0.3 is 19.6 Å². The van der Waals surface area contributed by atoms with Crippen LogP contribution in [0.25, 0.3) is 17.4 Å². The Bertz CT molecular complexity index is 2070.